The number of halogens is 3. The van der Waals surface area contributed by atoms with Gasteiger partial charge in [-0.05, 0) is 43.4 Å². The van der Waals surface area contributed by atoms with Crippen LogP contribution in [0.15, 0.2) is 18.2 Å². The zero-order valence-corrected chi connectivity index (χ0v) is 13.3. The van der Waals surface area contributed by atoms with E-state index in [9.17, 15) is 22.8 Å². The SMILES string of the molecule is CC(C(N)=O)(C1CCCC1)N1Cc2c(cccc2C(F)(F)F)C1=O. The Bertz CT molecular complexity index is 696. The van der Waals surface area contributed by atoms with E-state index in [1.807, 2.05) is 0 Å². The smallest absolute Gasteiger partial charge is 0.368 e. The maximum Gasteiger partial charge on any atom is 0.416 e. The van der Waals surface area contributed by atoms with Crippen LogP contribution in [0.2, 0.25) is 0 Å². The van der Waals surface area contributed by atoms with E-state index >= 15 is 0 Å². The molecule has 0 spiro atoms. The Labute approximate surface area is 137 Å². The second-order valence-corrected chi connectivity index (χ2v) is 6.71. The molecule has 0 saturated heterocycles. The van der Waals surface area contributed by atoms with Gasteiger partial charge in [0.25, 0.3) is 5.91 Å². The molecular formula is C17H19F3N2O2. The first-order valence-corrected chi connectivity index (χ1v) is 7.98. The molecule has 0 bridgehead atoms. The summed E-state index contributed by atoms with van der Waals surface area (Å²) >= 11 is 0. The Balaban J connectivity index is 2.05. The van der Waals surface area contributed by atoms with Crippen molar-refractivity contribution in [1.82, 2.24) is 4.90 Å². The van der Waals surface area contributed by atoms with Gasteiger partial charge in [0.2, 0.25) is 5.91 Å². The molecule has 1 heterocycles. The lowest BCUT2D eigenvalue weighted by Crippen LogP contribution is -2.59. The fourth-order valence-corrected chi connectivity index (χ4v) is 4.02. The molecule has 24 heavy (non-hydrogen) atoms. The average molecular weight is 340 g/mol. The van der Waals surface area contributed by atoms with Gasteiger partial charge in [-0.15, -0.1) is 0 Å². The average Bonchev–Trinajstić information content (AvgIpc) is 3.14. The topological polar surface area (TPSA) is 63.4 Å². The van der Waals surface area contributed by atoms with Crippen LogP contribution in [0.5, 0.6) is 0 Å². The first kappa shape index (κ1) is 16.8. The number of benzene rings is 1. The predicted molar refractivity (Wildman–Crippen MR) is 80.9 cm³/mol. The molecule has 1 atom stereocenters. The Morgan fingerprint density at radius 2 is 1.88 bits per heavy atom. The summed E-state index contributed by atoms with van der Waals surface area (Å²) in [5, 5.41) is 0. The van der Waals surface area contributed by atoms with Crippen LogP contribution in [0.3, 0.4) is 0 Å². The van der Waals surface area contributed by atoms with Crippen molar-refractivity contribution < 1.29 is 22.8 Å². The number of rotatable bonds is 3. The van der Waals surface area contributed by atoms with E-state index in [0.717, 1.165) is 31.7 Å². The molecule has 1 saturated carbocycles. The molecule has 7 heteroatoms. The number of hydrogen-bond donors (Lipinski definition) is 1. The number of alkyl halides is 3. The summed E-state index contributed by atoms with van der Waals surface area (Å²) < 4.78 is 39.7. The molecule has 1 aliphatic heterocycles. The third-order valence-electron chi connectivity index (χ3n) is 5.48. The minimum Gasteiger partial charge on any atom is -0.368 e. The van der Waals surface area contributed by atoms with Crippen LogP contribution in [0.4, 0.5) is 13.2 Å². The van der Waals surface area contributed by atoms with E-state index in [4.69, 9.17) is 5.73 Å². The predicted octanol–water partition coefficient (Wildman–Crippen LogP) is 3.10. The van der Waals surface area contributed by atoms with Crippen molar-refractivity contribution in [2.24, 2.45) is 11.7 Å². The normalized spacial score (nSPS) is 21.0. The molecular weight excluding hydrogens is 321 g/mol. The monoisotopic (exact) mass is 340 g/mol. The number of carbonyl (C=O) groups excluding carboxylic acids is 2. The first-order chi connectivity index (χ1) is 11.2. The van der Waals surface area contributed by atoms with Gasteiger partial charge in [0.15, 0.2) is 0 Å². The lowest BCUT2D eigenvalue weighted by atomic mass is 9.82. The molecule has 0 aromatic heterocycles. The largest absolute Gasteiger partial charge is 0.416 e. The number of hydrogen-bond acceptors (Lipinski definition) is 2. The molecule has 1 aromatic rings. The van der Waals surface area contributed by atoms with Crippen molar-refractivity contribution in [2.45, 2.75) is 50.9 Å². The van der Waals surface area contributed by atoms with Crippen molar-refractivity contribution >= 4 is 11.8 Å². The van der Waals surface area contributed by atoms with Gasteiger partial charge < -0.3 is 10.6 Å². The van der Waals surface area contributed by atoms with Gasteiger partial charge in [-0.3, -0.25) is 9.59 Å². The fourth-order valence-electron chi connectivity index (χ4n) is 4.02. The molecule has 1 unspecified atom stereocenters. The third-order valence-corrected chi connectivity index (χ3v) is 5.48. The molecule has 3 rings (SSSR count). The van der Waals surface area contributed by atoms with Gasteiger partial charge in [0.1, 0.15) is 5.54 Å². The van der Waals surface area contributed by atoms with Gasteiger partial charge >= 0.3 is 6.18 Å². The number of nitrogens with two attached hydrogens (primary N) is 1. The van der Waals surface area contributed by atoms with Crippen LogP contribution in [0.25, 0.3) is 0 Å². The minimum atomic E-state index is -4.54. The zero-order chi connectivity index (χ0) is 17.7. The molecule has 130 valence electrons. The molecule has 2 aliphatic rings. The van der Waals surface area contributed by atoms with Crippen molar-refractivity contribution in [3.8, 4) is 0 Å². The Hall–Kier alpha value is -2.05. The summed E-state index contributed by atoms with van der Waals surface area (Å²) in [6.45, 7) is 1.35. The van der Waals surface area contributed by atoms with Crippen LogP contribution >= 0.6 is 0 Å². The molecule has 1 fully saturated rings. The standard InChI is InChI=1S/C17H19F3N2O2/c1-16(15(21)24,10-5-2-3-6-10)22-9-12-11(14(22)23)7-4-8-13(12)17(18,19)20/h4,7-8,10H,2-3,5-6,9H2,1H3,(H2,21,24). The van der Waals surface area contributed by atoms with E-state index in [2.05, 4.69) is 0 Å². The maximum atomic E-state index is 13.2. The third kappa shape index (κ3) is 2.37. The van der Waals surface area contributed by atoms with Gasteiger partial charge in [0, 0.05) is 12.1 Å². The molecule has 1 aromatic carbocycles. The Morgan fingerprint density at radius 3 is 2.42 bits per heavy atom. The van der Waals surface area contributed by atoms with Crippen molar-refractivity contribution in [3.63, 3.8) is 0 Å². The molecule has 0 radical (unpaired) electrons. The van der Waals surface area contributed by atoms with Crippen molar-refractivity contribution in [3.05, 3.63) is 34.9 Å². The van der Waals surface area contributed by atoms with E-state index in [-0.39, 0.29) is 23.6 Å². The number of nitrogens with zero attached hydrogens (tertiary/aromatic N) is 1. The van der Waals surface area contributed by atoms with Gasteiger partial charge in [0.05, 0.1) is 5.56 Å². The van der Waals surface area contributed by atoms with E-state index in [1.165, 1.54) is 17.0 Å². The van der Waals surface area contributed by atoms with Crippen molar-refractivity contribution in [2.75, 3.05) is 0 Å². The number of primary amides is 1. The summed E-state index contributed by atoms with van der Waals surface area (Å²) in [6, 6.07) is 3.57. The van der Waals surface area contributed by atoms with E-state index in [1.54, 1.807) is 6.92 Å². The van der Waals surface area contributed by atoms with Crippen LogP contribution in [0.1, 0.15) is 54.1 Å². The molecule has 2 amide bonds. The van der Waals surface area contributed by atoms with Gasteiger partial charge in [-0.25, -0.2) is 0 Å². The fraction of sp³-hybridized carbons (Fsp3) is 0.529. The molecule has 4 nitrogen and oxygen atoms in total. The summed E-state index contributed by atoms with van der Waals surface area (Å²) in [5.41, 5.74) is 3.44. The summed E-state index contributed by atoms with van der Waals surface area (Å²) in [7, 11) is 0. The van der Waals surface area contributed by atoms with E-state index < -0.39 is 29.1 Å². The lowest BCUT2D eigenvalue weighted by Gasteiger charge is -2.40. The highest BCUT2D eigenvalue weighted by Gasteiger charge is 2.51. The van der Waals surface area contributed by atoms with Crippen LogP contribution < -0.4 is 5.73 Å². The highest BCUT2D eigenvalue weighted by Crippen LogP contribution is 2.43. The van der Waals surface area contributed by atoms with E-state index in [0.29, 0.717) is 0 Å². The highest BCUT2D eigenvalue weighted by molar-refractivity contribution is 6.02. The zero-order valence-electron chi connectivity index (χ0n) is 13.3. The number of fused-ring (bicyclic) bond motifs is 1. The molecule has 2 N–H and O–H groups in total. The summed E-state index contributed by atoms with van der Waals surface area (Å²) in [6.07, 6.45) is -1.21. The Morgan fingerprint density at radius 1 is 1.25 bits per heavy atom. The van der Waals surface area contributed by atoms with Gasteiger partial charge in [-0.1, -0.05) is 18.9 Å². The van der Waals surface area contributed by atoms with Crippen molar-refractivity contribution in [1.29, 1.82) is 0 Å². The molecule has 1 aliphatic carbocycles. The first-order valence-electron chi connectivity index (χ1n) is 7.98. The van der Waals surface area contributed by atoms with Gasteiger partial charge in [-0.2, -0.15) is 13.2 Å². The van der Waals surface area contributed by atoms with Crippen LogP contribution in [0, 0.1) is 5.92 Å². The number of amides is 2. The maximum absolute atomic E-state index is 13.2. The van der Waals surface area contributed by atoms with Crippen LogP contribution in [-0.2, 0) is 17.5 Å². The van der Waals surface area contributed by atoms with Crippen LogP contribution in [-0.4, -0.2) is 22.3 Å². The second-order valence-electron chi connectivity index (χ2n) is 6.71. The summed E-state index contributed by atoms with van der Waals surface area (Å²) in [5.74, 6) is -1.34. The number of carbonyl (C=O) groups is 2. The summed E-state index contributed by atoms with van der Waals surface area (Å²) in [4.78, 5) is 26.2. The highest BCUT2D eigenvalue weighted by atomic mass is 19.4. The minimum absolute atomic E-state index is 0.00953. The lowest BCUT2D eigenvalue weighted by molar-refractivity contribution is -0.138. The second kappa shape index (κ2) is 5.50. The Kier molecular flexibility index (Phi) is 3.85. The quantitative estimate of drug-likeness (QED) is 0.919.